The molecule has 0 saturated heterocycles. The van der Waals surface area contributed by atoms with Gasteiger partial charge >= 0.3 is 5.25 Å². The monoisotopic (exact) mass is 428 g/mol. The van der Waals surface area contributed by atoms with Gasteiger partial charge in [0.2, 0.25) is 0 Å². The Morgan fingerprint density at radius 1 is 1.10 bits per heavy atom. The molecule has 0 fully saturated rings. The van der Waals surface area contributed by atoms with E-state index in [1.54, 1.807) is 6.07 Å². The fraction of sp³-hybridized carbons (Fsp3) is 0.263. The number of halogens is 4. The van der Waals surface area contributed by atoms with Crippen molar-refractivity contribution in [2.24, 2.45) is 9.52 Å². The van der Waals surface area contributed by atoms with Crippen molar-refractivity contribution >= 4 is 20.7 Å². The van der Waals surface area contributed by atoms with Gasteiger partial charge in [0.1, 0.15) is 22.8 Å². The highest BCUT2D eigenvalue weighted by Crippen LogP contribution is 2.42. The zero-order valence-electron chi connectivity index (χ0n) is 15.4. The van der Waals surface area contributed by atoms with E-state index in [0.717, 1.165) is 6.07 Å². The van der Waals surface area contributed by atoms with Crippen molar-refractivity contribution < 1.29 is 31.4 Å². The fourth-order valence-corrected chi connectivity index (χ4v) is 4.68. The molecule has 2 aromatic rings. The quantitative estimate of drug-likeness (QED) is 0.658. The van der Waals surface area contributed by atoms with Gasteiger partial charge in [-0.25, -0.2) is 13.0 Å². The molecule has 2 aromatic carbocycles. The lowest BCUT2D eigenvalue weighted by molar-refractivity contribution is 0.0123. The highest BCUT2D eigenvalue weighted by molar-refractivity contribution is 8.09. The molecule has 1 aliphatic rings. The predicted octanol–water partition coefficient (Wildman–Crippen LogP) is 4.83. The second-order valence-electron chi connectivity index (χ2n) is 6.91. The highest BCUT2D eigenvalue weighted by Gasteiger charge is 2.54. The SMILES string of the molecule is CC1(C)CC(S(=O)(=NC(=O)c2ccccc2)C(F)(F)c2c(F)cccc2F)=NO1. The molecule has 29 heavy (non-hydrogen) atoms. The largest absolute Gasteiger partial charge is 0.389 e. The van der Waals surface area contributed by atoms with Crippen molar-refractivity contribution in [3.63, 3.8) is 0 Å². The van der Waals surface area contributed by atoms with Gasteiger partial charge in [0.05, 0.1) is 0 Å². The number of oxime groups is 1. The summed E-state index contributed by atoms with van der Waals surface area (Å²) in [5, 5.41) is -2.02. The Bertz CT molecular complexity index is 1090. The van der Waals surface area contributed by atoms with E-state index in [9.17, 15) is 17.8 Å². The summed E-state index contributed by atoms with van der Waals surface area (Å²) in [4.78, 5) is 17.5. The van der Waals surface area contributed by atoms with Crippen molar-refractivity contribution in [3.8, 4) is 0 Å². The summed E-state index contributed by atoms with van der Waals surface area (Å²) in [6, 6.07) is 9.14. The van der Waals surface area contributed by atoms with Crippen LogP contribution in [0, 0.1) is 11.6 Å². The van der Waals surface area contributed by atoms with E-state index in [0.29, 0.717) is 12.1 Å². The first-order chi connectivity index (χ1) is 13.5. The summed E-state index contributed by atoms with van der Waals surface area (Å²) in [6.45, 7) is 2.98. The lowest BCUT2D eigenvalue weighted by Crippen LogP contribution is -2.36. The van der Waals surface area contributed by atoms with Crippen molar-refractivity contribution in [2.75, 3.05) is 0 Å². The van der Waals surface area contributed by atoms with Crippen LogP contribution in [-0.2, 0) is 19.8 Å². The topological polar surface area (TPSA) is 68.1 Å². The van der Waals surface area contributed by atoms with Gasteiger partial charge in [-0.15, -0.1) is 4.36 Å². The summed E-state index contributed by atoms with van der Waals surface area (Å²) >= 11 is 0. The highest BCUT2D eigenvalue weighted by atomic mass is 32.2. The molecule has 0 aliphatic carbocycles. The van der Waals surface area contributed by atoms with Gasteiger partial charge in [0.15, 0.2) is 14.8 Å². The van der Waals surface area contributed by atoms with E-state index in [1.165, 1.54) is 38.1 Å². The molecule has 5 nitrogen and oxygen atoms in total. The zero-order chi connectivity index (χ0) is 21.4. The average molecular weight is 428 g/mol. The molecule has 10 heteroatoms. The Kier molecular flexibility index (Phi) is 5.24. The van der Waals surface area contributed by atoms with Gasteiger partial charge in [-0.05, 0) is 38.1 Å². The Morgan fingerprint density at radius 3 is 2.21 bits per heavy atom. The molecular weight excluding hydrogens is 412 g/mol. The van der Waals surface area contributed by atoms with Crippen LogP contribution in [0.1, 0.15) is 36.2 Å². The molecule has 1 heterocycles. The third-order valence-corrected chi connectivity index (χ3v) is 6.30. The first-order valence-electron chi connectivity index (χ1n) is 8.41. The molecule has 1 atom stereocenters. The first-order valence-corrected chi connectivity index (χ1v) is 9.93. The molecule has 154 valence electrons. The minimum absolute atomic E-state index is 0.121. The van der Waals surface area contributed by atoms with Crippen LogP contribution in [-0.4, -0.2) is 20.8 Å². The molecule has 0 bridgehead atoms. The van der Waals surface area contributed by atoms with E-state index in [1.807, 2.05) is 0 Å². The average Bonchev–Trinajstić information content (AvgIpc) is 3.02. The standard InChI is InChI=1S/C19H16F4N2O3S/c1-18(2)11-15(24-28-18)29(27,25-17(26)12-7-4-3-5-8-12)19(22,23)16-13(20)9-6-10-14(16)21/h3-10H,11H2,1-2H3. The predicted molar refractivity (Wildman–Crippen MR) is 98.8 cm³/mol. The maximum atomic E-state index is 15.4. The van der Waals surface area contributed by atoms with E-state index in [4.69, 9.17) is 4.84 Å². The Labute approximate surface area is 164 Å². The number of hydrogen-bond acceptors (Lipinski definition) is 4. The van der Waals surface area contributed by atoms with Crippen LogP contribution in [0.15, 0.2) is 58.0 Å². The Hall–Kier alpha value is -2.75. The summed E-state index contributed by atoms with van der Waals surface area (Å²) < 4.78 is 75.8. The summed E-state index contributed by atoms with van der Waals surface area (Å²) in [5.41, 5.74) is -2.97. The van der Waals surface area contributed by atoms with Crippen molar-refractivity contribution in [2.45, 2.75) is 31.1 Å². The summed E-state index contributed by atoms with van der Waals surface area (Å²) in [6.07, 6.45) is -0.372. The molecule has 0 spiro atoms. The number of rotatable bonds is 3. The molecule has 1 aliphatic heterocycles. The zero-order valence-corrected chi connectivity index (χ0v) is 16.2. The van der Waals surface area contributed by atoms with E-state index >= 15 is 8.78 Å². The van der Waals surface area contributed by atoms with Crippen molar-refractivity contribution in [3.05, 3.63) is 71.3 Å². The Morgan fingerprint density at radius 2 is 1.69 bits per heavy atom. The van der Waals surface area contributed by atoms with Gasteiger partial charge in [-0.2, -0.15) is 8.78 Å². The van der Waals surface area contributed by atoms with Crippen LogP contribution in [0.5, 0.6) is 0 Å². The van der Waals surface area contributed by atoms with Crippen LogP contribution < -0.4 is 0 Å². The lowest BCUT2D eigenvalue weighted by Gasteiger charge is -2.22. The number of benzene rings is 2. The minimum atomic E-state index is -5.08. The number of alkyl halides is 2. The first kappa shape index (κ1) is 21.0. The van der Waals surface area contributed by atoms with Crippen LogP contribution >= 0.6 is 0 Å². The second-order valence-corrected chi connectivity index (χ2v) is 9.13. The summed E-state index contributed by atoms with van der Waals surface area (Å²) in [5.74, 6) is -4.48. The van der Waals surface area contributed by atoms with E-state index in [2.05, 4.69) is 9.52 Å². The smallest absolute Gasteiger partial charge is 0.365 e. The van der Waals surface area contributed by atoms with Gasteiger partial charge in [0.25, 0.3) is 5.91 Å². The van der Waals surface area contributed by atoms with Crippen LogP contribution in [0.4, 0.5) is 17.6 Å². The molecule has 3 rings (SSSR count). The van der Waals surface area contributed by atoms with Crippen molar-refractivity contribution in [1.29, 1.82) is 0 Å². The van der Waals surface area contributed by atoms with E-state index in [-0.39, 0.29) is 12.0 Å². The number of amides is 1. The third-order valence-electron chi connectivity index (χ3n) is 4.12. The molecule has 0 aromatic heterocycles. The summed E-state index contributed by atoms with van der Waals surface area (Å²) in [7, 11) is -5.08. The fourth-order valence-electron chi connectivity index (χ4n) is 2.67. The molecule has 1 unspecified atom stereocenters. The van der Waals surface area contributed by atoms with Gasteiger partial charge in [0, 0.05) is 12.0 Å². The maximum absolute atomic E-state index is 15.4. The lowest BCUT2D eigenvalue weighted by atomic mass is 10.1. The minimum Gasteiger partial charge on any atom is -0.389 e. The van der Waals surface area contributed by atoms with Crippen molar-refractivity contribution in [1.82, 2.24) is 0 Å². The number of carbonyl (C=O) groups excluding carboxylic acids is 1. The number of nitrogens with zero attached hydrogens (tertiary/aromatic N) is 2. The van der Waals surface area contributed by atoms with Gasteiger partial charge in [-0.3, -0.25) is 4.79 Å². The normalized spacial score (nSPS) is 17.8. The van der Waals surface area contributed by atoms with Crippen LogP contribution in [0.2, 0.25) is 0 Å². The van der Waals surface area contributed by atoms with Gasteiger partial charge < -0.3 is 4.84 Å². The van der Waals surface area contributed by atoms with Gasteiger partial charge in [-0.1, -0.05) is 29.4 Å². The molecule has 0 radical (unpaired) electrons. The van der Waals surface area contributed by atoms with Crippen LogP contribution in [0.25, 0.3) is 0 Å². The maximum Gasteiger partial charge on any atom is 0.365 e. The number of hydrogen-bond donors (Lipinski definition) is 0. The molecule has 1 amide bonds. The second kappa shape index (κ2) is 7.25. The third kappa shape index (κ3) is 3.76. The number of carbonyl (C=O) groups is 1. The van der Waals surface area contributed by atoms with Crippen LogP contribution in [0.3, 0.4) is 0 Å². The molecular formula is C19H16F4N2O3S. The van der Waals surface area contributed by atoms with E-state index < -0.39 is 48.7 Å². The molecule has 0 saturated carbocycles. The Balaban J connectivity index is 2.25. The molecule has 0 N–H and O–H groups in total.